The minimum Gasteiger partial charge on any atom is -0.348 e. The first-order chi connectivity index (χ1) is 12.1. The minimum atomic E-state index is -0.0538. The Morgan fingerprint density at radius 1 is 1.44 bits per heavy atom. The molecular formula is C17H19ClN6O. The number of hydrogen-bond acceptors (Lipinski definition) is 6. The third kappa shape index (κ3) is 4.67. The van der Waals surface area contributed by atoms with Gasteiger partial charge >= 0.3 is 0 Å². The Hall–Kier alpha value is -2.67. The molecule has 25 heavy (non-hydrogen) atoms. The number of piperidine rings is 1. The van der Waals surface area contributed by atoms with Crippen molar-refractivity contribution in [2.45, 2.75) is 18.9 Å². The van der Waals surface area contributed by atoms with Gasteiger partial charge in [0.2, 0.25) is 11.9 Å². The first kappa shape index (κ1) is 17.2. The number of likely N-dealkylation sites (tertiary alicyclic amines) is 1. The van der Waals surface area contributed by atoms with E-state index >= 15 is 0 Å². The summed E-state index contributed by atoms with van der Waals surface area (Å²) in [4.78, 5) is 18.0. The number of nitrogens with zero attached hydrogens (tertiary/aromatic N) is 4. The maximum atomic E-state index is 11.8. The summed E-state index contributed by atoms with van der Waals surface area (Å²) in [5.41, 5.74) is 0.819. The van der Waals surface area contributed by atoms with Gasteiger partial charge in [0.25, 0.3) is 0 Å². The first-order valence-corrected chi connectivity index (χ1v) is 8.42. The summed E-state index contributed by atoms with van der Waals surface area (Å²) < 4.78 is 0. The van der Waals surface area contributed by atoms with Crippen LogP contribution in [0.3, 0.4) is 0 Å². The number of benzene rings is 1. The van der Waals surface area contributed by atoms with Gasteiger partial charge in [0.1, 0.15) is 0 Å². The van der Waals surface area contributed by atoms with Crippen LogP contribution < -0.4 is 10.6 Å². The van der Waals surface area contributed by atoms with Crippen LogP contribution in [0.5, 0.6) is 0 Å². The summed E-state index contributed by atoms with van der Waals surface area (Å²) in [7, 11) is 0. The highest BCUT2D eigenvalue weighted by Crippen LogP contribution is 2.19. The zero-order valence-corrected chi connectivity index (χ0v) is 14.4. The first-order valence-electron chi connectivity index (χ1n) is 8.04. The Morgan fingerprint density at radius 2 is 2.32 bits per heavy atom. The Kier molecular flexibility index (Phi) is 5.45. The van der Waals surface area contributed by atoms with Crippen LogP contribution in [0, 0.1) is 0 Å². The number of carbonyl (C=O) groups excluding carboxylic acids is 1. The Labute approximate surface area is 151 Å². The zero-order valence-electron chi connectivity index (χ0n) is 13.7. The van der Waals surface area contributed by atoms with Crippen molar-refractivity contribution in [2.75, 3.05) is 23.7 Å². The molecule has 1 unspecified atom stereocenters. The van der Waals surface area contributed by atoms with E-state index in [1.165, 1.54) is 6.08 Å². The van der Waals surface area contributed by atoms with Gasteiger partial charge in [-0.3, -0.25) is 4.79 Å². The average molecular weight is 359 g/mol. The molecule has 1 amide bonds. The van der Waals surface area contributed by atoms with Gasteiger partial charge in [0.15, 0.2) is 5.82 Å². The zero-order chi connectivity index (χ0) is 17.6. The lowest BCUT2D eigenvalue weighted by Crippen LogP contribution is -2.44. The van der Waals surface area contributed by atoms with E-state index in [2.05, 4.69) is 32.4 Å². The second kappa shape index (κ2) is 7.94. The predicted molar refractivity (Wildman–Crippen MR) is 98.0 cm³/mol. The van der Waals surface area contributed by atoms with Crippen LogP contribution >= 0.6 is 11.6 Å². The summed E-state index contributed by atoms with van der Waals surface area (Å²) in [6.07, 6.45) is 4.75. The minimum absolute atomic E-state index is 0.0538. The Bertz CT molecular complexity index is 768. The summed E-state index contributed by atoms with van der Waals surface area (Å²) in [5.74, 6) is 0.932. The van der Waals surface area contributed by atoms with E-state index < -0.39 is 0 Å². The fourth-order valence-corrected chi connectivity index (χ4v) is 2.94. The van der Waals surface area contributed by atoms with Crippen LogP contribution in [0.15, 0.2) is 43.1 Å². The maximum Gasteiger partial charge on any atom is 0.246 e. The molecule has 2 N–H and O–H groups in total. The highest BCUT2D eigenvalue weighted by molar-refractivity contribution is 6.30. The van der Waals surface area contributed by atoms with Gasteiger partial charge in [-0.15, -0.1) is 5.10 Å². The lowest BCUT2D eigenvalue weighted by Gasteiger charge is -2.32. The van der Waals surface area contributed by atoms with E-state index in [9.17, 15) is 4.79 Å². The maximum absolute atomic E-state index is 11.8. The molecule has 3 rings (SSSR count). The second-order valence-corrected chi connectivity index (χ2v) is 6.21. The van der Waals surface area contributed by atoms with E-state index in [1.54, 1.807) is 23.2 Å². The van der Waals surface area contributed by atoms with E-state index in [-0.39, 0.29) is 11.9 Å². The van der Waals surface area contributed by atoms with E-state index in [0.717, 1.165) is 25.1 Å². The SMILES string of the molecule is C=CC(=O)N1CCCC(Nc2nncc(Nc3cccc(Cl)c3)n2)C1. The molecule has 0 radical (unpaired) electrons. The molecule has 2 aromatic rings. The topological polar surface area (TPSA) is 83.0 Å². The fourth-order valence-electron chi connectivity index (χ4n) is 2.75. The van der Waals surface area contributed by atoms with Crippen LogP contribution in [0.25, 0.3) is 0 Å². The third-order valence-corrected chi connectivity index (χ3v) is 4.13. The third-order valence-electron chi connectivity index (χ3n) is 3.90. The van der Waals surface area contributed by atoms with E-state index in [4.69, 9.17) is 11.6 Å². The van der Waals surface area contributed by atoms with Crippen LogP contribution in [-0.4, -0.2) is 45.1 Å². The standard InChI is InChI=1S/C17H19ClN6O/c1-2-16(25)24-8-4-7-14(11-24)21-17-22-15(10-19-23-17)20-13-6-3-5-12(18)9-13/h2-3,5-6,9-10,14H,1,4,7-8,11H2,(H2,20,21,22,23). The highest BCUT2D eigenvalue weighted by Gasteiger charge is 2.22. The Morgan fingerprint density at radius 3 is 3.12 bits per heavy atom. The molecule has 1 aromatic carbocycles. The van der Waals surface area contributed by atoms with Crippen LogP contribution in [-0.2, 0) is 4.79 Å². The quantitative estimate of drug-likeness (QED) is 0.800. The number of aromatic nitrogens is 3. The lowest BCUT2D eigenvalue weighted by molar-refractivity contribution is -0.127. The molecular weight excluding hydrogens is 340 g/mol. The van der Waals surface area contributed by atoms with Gasteiger partial charge in [0.05, 0.1) is 6.20 Å². The lowest BCUT2D eigenvalue weighted by atomic mass is 10.1. The van der Waals surface area contributed by atoms with Gasteiger partial charge in [0, 0.05) is 29.8 Å². The Balaban J connectivity index is 1.65. The smallest absolute Gasteiger partial charge is 0.246 e. The number of hydrogen-bond donors (Lipinski definition) is 2. The van der Waals surface area contributed by atoms with Gasteiger partial charge in [-0.2, -0.15) is 10.1 Å². The number of rotatable bonds is 5. The number of halogens is 1. The normalized spacial score (nSPS) is 17.0. The highest BCUT2D eigenvalue weighted by atomic mass is 35.5. The van der Waals surface area contributed by atoms with Crippen LogP contribution in [0.2, 0.25) is 5.02 Å². The monoisotopic (exact) mass is 358 g/mol. The van der Waals surface area contributed by atoms with Crippen molar-refractivity contribution in [2.24, 2.45) is 0 Å². The molecule has 0 spiro atoms. The summed E-state index contributed by atoms with van der Waals surface area (Å²) in [6.45, 7) is 4.88. The molecule has 7 nitrogen and oxygen atoms in total. The van der Waals surface area contributed by atoms with Crippen LogP contribution in [0.4, 0.5) is 17.5 Å². The summed E-state index contributed by atoms with van der Waals surface area (Å²) >= 11 is 5.98. The number of nitrogens with one attached hydrogen (secondary N) is 2. The molecule has 1 fully saturated rings. The van der Waals surface area contributed by atoms with Gasteiger partial charge in [-0.1, -0.05) is 24.2 Å². The average Bonchev–Trinajstić information content (AvgIpc) is 2.61. The van der Waals surface area contributed by atoms with Crippen molar-refractivity contribution < 1.29 is 4.79 Å². The number of anilines is 3. The predicted octanol–water partition coefficient (Wildman–Crippen LogP) is 2.86. The van der Waals surface area contributed by atoms with Gasteiger partial charge in [-0.05, 0) is 37.1 Å². The molecule has 8 heteroatoms. The molecule has 0 bridgehead atoms. The van der Waals surface area contributed by atoms with Crippen molar-refractivity contribution in [3.05, 3.63) is 48.1 Å². The number of carbonyl (C=O) groups is 1. The van der Waals surface area contributed by atoms with E-state index in [1.807, 2.05) is 12.1 Å². The van der Waals surface area contributed by atoms with Gasteiger partial charge < -0.3 is 15.5 Å². The van der Waals surface area contributed by atoms with Crippen molar-refractivity contribution in [1.29, 1.82) is 0 Å². The van der Waals surface area contributed by atoms with E-state index in [0.29, 0.717) is 23.3 Å². The summed E-state index contributed by atoms with van der Waals surface area (Å²) in [5, 5.41) is 15.0. The summed E-state index contributed by atoms with van der Waals surface area (Å²) in [6, 6.07) is 7.43. The molecule has 1 aliphatic heterocycles. The molecule has 1 aliphatic rings. The molecule has 1 aromatic heterocycles. The largest absolute Gasteiger partial charge is 0.348 e. The molecule has 0 aliphatic carbocycles. The van der Waals surface area contributed by atoms with Crippen molar-refractivity contribution in [3.8, 4) is 0 Å². The van der Waals surface area contributed by atoms with Crippen molar-refractivity contribution in [1.82, 2.24) is 20.1 Å². The van der Waals surface area contributed by atoms with Crippen molar-refractivity contribution in [3.63, 3.8) is 0 Å². The van der Waals surface area contributed by atoms with Crippen molar-refractivity contribution >= 4 is 35.0 Å². The van der Waals surface area contributed by atoms with Gasteiger partial charge in [-0.25, -0.2) is 0 Å². The second-order valence-electron chi connectivity index (χ2n) is 5.77. The molecule has 1 saturated heterocycles. The molecule has 0 saturated carbocycles. The molecule has 1 atom stereocenters. The fraction of sp³-hybridized carbons (Fsp3) is 0.294. The molecule has 130 valence electrons. The molecule has 2 heterocycles. The van der Waals surface area contributed by atoms with Crippen LogP contribution in [0.1, 0.15) is 12.8 Å². The number of amides is 1.